The number of morpholine rings is 1. The van der Waals surface area contributed by atoms with E-state index in [4.69, 9.17) is 10.5 Å². The molecule has 1 heterocycles. The van der Waals surface area contributed by atoms with Gasteiger partial charge in [0.15, 0.2) is 0 Å². The van der Waals surface area contributed by atoms with Crippen LogP contribution in [0, 0.1) is 0 Å². The maximum Gasteiger partial charge on any atom is 0.240 e. The molecule has 1 aliphatic heterocycles. The summed E-state index contributed by atoms with van der Waals surface area (Å²) in [5, 5.41) is 0. The molecule has 0 atom stereocenters. The number of anilines is 1. The molecule has 0 aliphatic carbocycles. The first-order valence-electron chi connectivity index (χ1n) is 6.84. The second-order valence-electron chi connectivity index (χ2n) is 4.89. The molecule has 21 heavy (non-hydrogen) atoms. The van der Waals surface area contributed by atoms with E-state index in [-0.39, 0.29) is 4.90 Å². The summed E-state index contributed by atoms with van der Waals surface area (Å²) in [6, 6.07) is 4.62. The summed E-state index contributed by atoms with van der Waals surface area (Å²) in [6.45, 7) is 4.61. The normalized spacial score (nSPS) is 17.0. The van der Waals surface area contributed by atoms with Gasteiger partial charge in [0, 0.05) is 29.8 Å². The SMILES string of the molecule is Nc1cc(S(=O)(=O)NCCCN2CCOCC2)ccc1Br. The molecule has 3 N–H and O–H groups in total. The topological polar surface area (TPSA) is 84.7 Å². The molecule has 0 saturated carbocycles. The number of halogens is 1. The maximum atomic E-state index is 12.1. The lowest BCUT2D eigenvalue weighted by atomic mass is 10.3. The Hall–Kier alpha value is -0.670. The third-order valence-electron chi connectivity index (χ3n) is 3.32. The average molecular weight is 378 g/mol. The minimum absolute atomic E-state index is 0.189. The van der Waals surface area contributed by atoms with Gasteiger partial charge in [-0.2, -0.15) is 0 Å². The number of sulfonamides is 1. The van der Waals surface area contributed by atoms with E-state index in [1.807, 2.05) is 0 Å². The first kappa shape index (κ1) is 16.7. The van der Waals surface area contributed by atoms with Gasteiger partial charge in [0.2, 0.25) is 10.0 Å². The van der Waals surface area contributed by atoms with Crippen LogP contribution in [0.1, 0.15) is 6.42 Å². The Morgan fingerprint density at radius 1 is 1.33 bits per heavy atom. The predicted molar refractivity (Wildman–Crippen MR) is 85.6 cm³/mol. The average Bonchev–Trinajstić information content (AvgIpc) is 2.47. The van der Waals surface area contributed by atoms with Crippen LogP contribution in [0.3, 0.4) is 0 Å². The van der Waals surface area contributed by atoms with Crippen LogP contribution in [0.15, 0.2) is 27.6 Å². The zero-order valence-corrected chi connectivity index (χ0v) is 14.1. The Morgan fingerprint density at radius 2 is 2.05 bits per heavy atom. The molecule has 0 amide bonds. The number of nitrogens with zero attached hydrogens (tertiary/aromatic N) is 1. The van der Waals surface area contributed by atoms with Crippen LogP contribution in [-0.4, -0.2) is 52.7 Å². The molecule has 1 aromatic carbocycles. The largest absolute Gasteiger partial charge is 0.398 e. The minimum atomic E-state index is -3.50. The Balaban J connectivity index is 1.82. The Bertz CT molecular complexity index is 574. The summed E-state index contributed by atoms with van der Waals surface area (Å²) < 4.78 is 32.8. The molecule has 1 fully saturated rings. The fourth-order valence-electron chi connectivity index (χ4n) is 2.11. The lowest BCUT2D eigenvalue weighted by molar-refractivity contribution is 0.0376. The highest BCUT2D eigenvalue weighted by Crippen LogP contribution is 2.22. The van der Waals surface area contributed by atoms with Crippen LogP contribution < -0.4 is 10.5 Å². The van der Waals surface area contributed by atoms with Crippen molar-refractivity contribution in [3.63, 3.8) is 0 Å². The number of nitrogen functional groups attached to an aromatic ring is 1. The maximum absolute atomic E-state index is 12.1. The first-order valence-corrected chi connectivity index (χ1v) is 9.11. The van der Waals surface area contributed by atoms with Crippen LogP contribution in [-0.2, 0) is 14.8 Å². The predicted octanol–water partition coefficient (Wildman–Crippen LogP) is 1.03. The third kappa shape index (κ3) is 4.93. The summed E-state index contributed by atoms with van der Waals surface area (Å²) in [5.74, 6) is 0. The van der Waals surface area contributed by atoms with E-state index in [2.05, 4.69) is 25.6 Å². The number of benzene rings is 1. The zero-order valence-electron chi connectivity index (χ0n) is 11.7. The molecule has 1 aromatic rings. The molecule has 0 spiro atoms. The van der Waals surface area contributed by atoms with Crippen molar-refractivity contribution in [2.24, 2.45) is 0 Å². The molecule has 2 rings (SSSR count). The molecular formula is C13H20BrN3O3S. The van der Waals surface area contributed by atoms with Crippen molar-refractivity contribution in [2.75, 3.05) is 45.1 Å². The Kier molecular flexibility index (Phi) is 6.00. The van der Waals surface area contributed by atoms with Crippen LogP contribution >= 0.6 is 15.9 Å². The smallest absolute Gasteiger partial charge is 0.240 e. The Labute approximate surface area is 133 Å². The van der Waals surface area contributed by atoms with Crippen LogP contribution in [0.5, 0.6) is 0 Å². The van der Waals surface area contributed by atoms with E-state index in [0.717, 1.165) is 39.3 Å². The lowest BCUT2D eigenvalue weighted by Crippen LogP contribution is -2.38. The Morgan fingerprint density at radius 3 is 2.71 bits per heavy atom. The highest BCUT2D eigenvalue weighted by atomic mass is 79.9. The molecule has 6 nitrogen and oxygen atoms in total. The van der Waals surface area contributed by atoms with Gasteiger partial charge in [-0.05, 0) is 47.1 Å². The van der Waals surface area contributed by atoms with E-state index >= 15 is 0 Å². The quantitative estimate of drug-likeness (QED) is 0.571. The standard InChI is InChI=1S/C13H20BrN3O3S/c14-12-3-2-11(10-13(12)15)21(18,19)16-4-1-5-17-6-8-20-9-7-17/h2-3,10,16H,1,4-9,15H2. The first-order chi connectivity index (χ1) is 9.99. The van der Waals surface area contributed by atoms with E-state index in [9.17, 15) is 8.42 Å². The van der Waals surface area contributed by atoms with Crippen molar-refractivity contribution in [1.82, 2.24) is 9.62 Å². The number of ether oxygens (including phenoxy) is 1. The number of hydrogen-bond acceptors (Lipinski definition) is 5. The fourth-order valence-corrected chi connectivity index (χ4v) is 3.46. The summed E-state index contributed by atoms with van der Waals surface area (Å²) in [6.07, 6.45) is 0.769. The molecule has 118 valence electrons. The van der Waals surface area contributed by atoms with Gasteiger partial charge >= 0.3 is 0 Å². The van der Waals surface area contributed by atoms with Gasteiger partial charge < -0.3 is 10.5 Å². The lowest BCUT2D eigenvalue weighted by Gasteiger charge is -2.26. The van der Waals surface area contributed by atoms with E-state index in [1.165, 1.54) is 12.1 Å². The van der Waals surface area contributed by atoms with Crippen LogP contribution in [0.2, 0.25) is 0 Å². The van der Waals surface area contributed by atoms with Gasteiger partial charge in [0.25, 0.3) is 0 Å². The summed E-state index contributed by atoms with van der Waals surface area (Å²) in [5.41, 5.74) is 6.12. The van der Waals surface area contributed by atoms with Crippen molar-refractivity contribution in [3.8, 4) is 0 Å². The van der Waals surface area contributed by atoms with Crippen molar-refractivity contribution in [3.05, 3.63) is 22.7 Å². The highest BCUT2D eigenvalue weighted by molar-refractivity contribution is 9.10. The van der Waals surface area contributed by atoms with Crippen molar-refractivity contribution >= 4 is 31.6 Å². The van der Waals surface area contributed by atoms with Crippen LogP contribution in [0.4, 0.5) is 5.69 Å². The molecule has 0 aromatic heterocycles. The molecule has 0 bridgehead atoms. The highest BCUT2D eigenvalue weighted by Gasteiger charge is 2.15. The van der Waals surface area contributed by atoms with Crippen molar-refractivity contribution in [2.45, 2.75) is 11.3 Å². The van der Waals surface area contributed by atoms with Crippen LogP contribution in [0.25, 0.3) is 0 Å². The minimum Gasteiger partial charge on any atom is -0.398 e. The summed E-state index contributed by atoms with van der Waals surface area (Å²) in [4.78, 5) is 2.46. The monoisotopic (exact) mass is 377 g/mol. The number of hydrogen-bond donors (Lipinski definition) is 2. The molecular weight excluding hydrogens is 358 g/mol. The number of nitrogens with two attached hydrogens (primary N) is 1. The van der Waals surface area contributed by atoms with Gasteiger partial charge in [-0.3, -0.25) is 4.90 Å². The number of nitrogens with one attached hydrogen (secondary N) is 1. The molecule has 1 aliphatic rings. The molecule has 0 unspecified atom stereocenters. The summed E-state index contributed by atoms with van der Waals surface area (Å²) in [7, 11) is -3.50. The van der Waals surface area contributed by atoms with Gasteiger partial charge in [-0.1, -0.05) is 0 Å². The number of rotatable bonds is 6. The molecule has 0 radical (unpaired) electrons. The molecule has 8 heteroatoms. The van der Waals surface area contributed by atoms with Gasteiger partial charge in [-0.15, -0.1) is 0 Å². The second-order valence-corrected chi connectivity index (χ2v) is 7.51. The van der Waals surface area contributed by atoms with Crippen molar-refractivity contribution < 1.29 is 13.2 Å². The van der Waals surface area contributed by atoms with E-state index in [0.29, 0.717) is 16.7 Å². The van der Waals surface area contributed by atoms with E-state index < -0.39 is 10.0 Å². The van der Waals surface area contributed by atoms with Gasteiger partial charge in [-0.25, -0.2) is 13.1 Å². The fraction of sp³-hybridized carbons (Fsp3) is 0.538. The summed E-state index contributed by atoms with van der Waals surface area (Å²) >= 11 is 3.25. The molecule has 1 saturated heterocycles. The van der Waals surface area contributed by atoms with Crippen molar-refractivity contribution in [1.29, 1.82) is 0 Å². The second kappa shape index (κ2) is 7.55. The van der Waals surface area contributed by atoms with Gasteiger partial charge in [0.1, 0.15) is 0 Å². The van der Waals surface area contributed by atoms with Gasteiger partial charge in [0.05, 0.1) is 18.1 Å². The zero-order chi connectivity index (χ0) is 15.3. The van der Waals surface area contributed by atoms with E-state index in [1.54, 1.807) is 6.07 Å². The third-order valence-corrected chi connectivity index (χ3v) is 5.51.